The molecule has 3 heterocycles. The van der Waals surface area contributed by atoms with Gasteiger partial charge in [0.15, 0.2) is 0 Å². The van der Waals surface area contributed by atoms with Crippen molar-refractivity contribution in [3.05, 3.63) is 102 Å². The van der Waals surface area contributed by atoms with Crippen molar-refractivity contribution in [1.29, 1.82) is 0 Å². The Morgan fingerprint density at radius 2 is 1.73 bits per heavy atom. The average molecular weight is 742 g/mol. The number of anilines is 2. The average Bonchev–Trinajstić information content (AvgIpc) is 3.16. The number of likely N-dealkylation sites (tertiary alicyclic amines) is 1. The largest absolute Gasteiger partial charge is 0.497 e. The third kappa shape index (κ3) is 8.12. The van der Waals surface area contributed by atoms with Crippen LogP contribution in [0, 0.1) is 5.82 Å². The lowest BCUT2D eigenvalue weighted by atomic mass is 9.80. The molecule has 14 heteroatoms. The minimum Gasteiger partial charge on any atom is -0.497 e. The molecule has 2 aliphatic heterocycles. The Kier molecular flexibility index (Phi) is 11.2. The molecule has 0 amide bonds. The van der Waals surface area contributed by atoms with Crippen LogP contribution in [0.1, 0.15) is 55.2 Å². The van der Waals surface area contributed by atoms with Crippen LogP contribution in [-0.2, 0) is 29.2 Å². The van der Waals surface area contributed by atoms with E-state index in [9.17, 15) is 21.6 Å². The molecule has 2 fully saturated rings. The minimum absolute atomic E-state index is 0.0551. The molecule has 3 aromatic carbocycles. The van der Waals surface area contributed by atoms with Crippen molar-refractivity contribution in [2.24, 2.45) is 0 Å². The fraction of sp³-hybridized carbons (Fsp3) is 0.421. The van der Waals surface area contributed by atoms with Crippen LogP contribution in [0.4, 0.5) is 29.1 Å². The van der Waals surface area contributed by atoms with Crippen molar-refractivity contribution in [3.63, 3.8) is 0 Å². The van der Waals surface area contributed by atoms with Gasteiger partial charge in [0.2, 0.25) is 0 Å². The van der Waals surface area contributed by atoms with Gasteiger partial charge in [-0.25, -0.2) is 27.1 Å². The number of rotatable bonds is 12. The number of aromatic nitrogens is 2. The molecule has 2 aliphatic rings. The number of hydrogen-bond donors (Lipinski definition) is 0. The molecule has 0 N–H and O–H groups in total. The van der Waals surface area contributed by atoms with Crippen LogP contribution in [0.2, 0.25) is 0 Å². The summed E-state index contributed by atoms with van der Waals surface area (Å²) in [6, 6.07) is 16.1. The molecule has 2 saturated heterocycles. The van der Waals surface area contributed by atoms with E-state index in [1.165, 1.54) is 57.1 Å². The van der Waals surface area contributed by atoms with Gasteiger partial charge in [-0.15, -0.1) is 0 Å². The molecule has 0 bridgehead atoms. The zero-order chi connectivity index (χ0) is 36.9. The van der Waals surface area contributed by atoms with Gasteiger partial charge >= 0.3 is 6.18 Å². The van der Waals surface area contributed by atoms with Crippen LogP contribution >= 0.6 is 0 Å². The van der Waals surface area contributed by atoms with E-state index in [-0.39, 0.29) is 17.9 Å². The topological polar surface area (TPSA) is 88.1 Å². The van der Waals surface area contributed by atoms with Gasteiger partial charge in [0.05, 0.1) is 26.3 Å². The first-order valence-electron chi connectivity index (χ1n) is 17.4. The molecule has 1 aromatic heterocycles. The monoisotopic (exact) mass is 741 g/mol. The number of methoxy groups -OCH3 is 2. The first kappa shape index (κ1) is 37.3. The van der Waals surface area contributed by atoms with E-state index in [1.54, 1.807) is 30.3 Å². The predicted molar refractivity (Wildman–Crippen MR) is 191 cm³/mol. The van der Waals surface area contributed by atoms with Gasteiger partial charge in [-0.3, -0.25) is 4.90 Å². The number of alkyl halides is 3. The highest BCUT2D eigenvalue weighted by molar-refractivity contribution is 7.92. The lowest BCUT2D eigenvalue weighted by molar-refractivity contribution is -0.137. The Bertz CT molecular complexity index is 1940. The van der Waals surface area contributed by atoms with E-state index in [2.05, 4.69) is 19.8 Å². The third-order valence-electron chi connectivity index (χ3n) is 10.2. The zero-order valence-electron chi connectivity index (χ0n) is 29.3. The van der Waals surface area contributed by atoms with Crippen LogP contribution in [0.25, 0.3) is 0 Å². The first-order valence-corrected chi connectivity index (χ1v) is 18.8. The standard InChI is InChI=1S/C38H43F4N5O4S/c1-50-32-12-10-29(34(24-32)51-2)25-47(36-15-18-43-27-44-36)52(48,49)35-13-11-31(23-33(35)39)45-19-7-16-37(26-45,46-20-4-3-5-21-46)17-14-28-8-6-9-30(22-28)38(40,41)42/h6,8-13,15,18,22-24,27H,3-5,7,14,16-17,19-21,25-26H2,1-2H3/t37-/m0/s1. The summed E-state index contributed by atoms with van der Waals surface area (Å²) in [5, 5.41) is 0. The Morgan fingerprint density at radius 1 is 0.923 bits per heavy atom. The second kappa shape index (κ2) is 15.7. The number of benzene rings is 3. The molecule has 4 aromatic rings. The van der Waals surface area contributed by atoms with Gasteiger partial charge in [0.25, 0.3) is 10.0 Å². The highest BCUT2D eigenvalue weighted by Gasteiger charge is 2.41. The van der Waals surface area contributed by atoms with E-state index in [0.29, 0.717) is 54.2 Å². The van der Waals surface area contributed by atoms with Crippen LogP contribution < -0.4 is 18.7 Å². The van der Waals surface area contributed by atoms with Gasteiger partial charge in [-0.05, 0) is 93.6 Å². The summed E-state index contributed by atoms with van der Waals surface area (Å²) in [6.07, 6.45) is 4.19. The number of piperidine rings is 2. The van der Waals surface area contributed by atoms with E-state index >= 15 is 4.39 Å². The van der Waals surface area contributed by atoms with Gasteiger partial charge in [-0.2, -0.15) is 13.2 Å². The Hall–Kier alpha value is -4.43. The lowest BCUT2D eigenvalue weighted by Gasteiger charge is -2.52. The molecule has 52 heavy (non-hydrogen) atoms. The van der Waals surface area contributed by atoms with Crippen molar-refractivity contribution in [1.82, 2.24) is 14.9 Å². The third-order valence-corrected chi connectivity index (χ3v) is 12.0. The normalized spacial score (nSPS) is 18.6. The van der Waals surface area contributed by atoms with E-state index in [4.69, 9.17) is 9.47 Å². The van der Waals surface area contributed by atoms with Crippen LogP contribution in [0.3, 0.4) is 0 Å². The fourth-order valence-electron chi connectivity index (χ4n) is 7.47. The SMILES string of the molecule is COc1ccc(CN(c2ccncn2)S(=O)(=O)c2ccc(N3CCC[C@@](CCc4cccc(C(F)(F)F)c4)(N4CCCCC4)C3)cc2F)c(OC)c1. The Morgan fingerprint density at radius 3 is 2.42 bits per heavy atom. The summed E-state index contributed by atoms with van der Waals surface area (Å²) < 4.78 is 97.0. The molecule has 9 nitrogen and oxygen atoms in total. The van der Waals surface area contributed by atoms with Gasteiger partial charge in [0, 0.05) is 48.2 Å². The Balaban J connectivity index is 1.28. The summed E-state index contributed by atoms with van der Waals surface area (Å²) in [4.78, 5) is 12.1. The second-order valence-electron chi connectivity index (χ2n) is 13.4. The van der Waals surface area contributed by atoms with Gasteiger partial charge < -0.3 is 14.4 Å². The molecule has 0 spiro atoms. The molecule has 0 saturated carbocycles. The van der Waals surface area contributed by atoms with E-state index in [0.717, 1.165) is 55.6 Å². The summed E-state index contributed by atoms with van der Waals surface area (Å²) in [5.74, 6) is 0.0620. The van der Waals surface area contributed by atoms with Crippen molar-refractivity contribution in [2.75, 3.05) is 49.6 Å². The van der Waals surface area contributed by atoms with Crippen LogP contribution in [0.5, 0.6) is 11.5 Å². The summed E-state index contributed by atoms with van der Waals surface area (Å²) >= 11 is 0. The smallest absolute Gasteiger partial charge is 0.416 e. The predicted octanol–water partition coefficient (Wildman–Crippen LogP) is 7.50. The van der Waals surface area contributed by atoms with E-state index in [1.807, 2.05) is 0 Å². The maximum absolute atomic E-state index is 16.2. The molecular weight excluding hydrogens is 699 g/mol. The molecule has 278 valence electrons. The van der Waals surface area contributed by atoms with E-state index < -0.39 is 32.5 Å². The summed E-state index contributed by atoms with van der Waals surface area (Å²) in [5.41, 5.74) is 0.686. The van der Waals surface area contributed by atoms with Gasteiger partial charge in [-0.1, -0.05) is 24.6 Å². The number of nitrogens with zero attached hydrogens (tertiary/aromatic N) is 5. The number of hydrogen-bond acceptors (Lipinski definition) is 8. The number of aryl methyl sites for hydroxylation is 1. The van der Waals surface area contributed by atoms with Crippen molar-refractivity contribution in [3.8, 4) is 11.5 Å². The first-order chi connectivity index (χ1) is 24.9. The van der Waals surface area contributed by atoms with Crippen molar-refractivity contribution >= 4 is 21.5 Å². The molecular formula is C38H43F4N5O4S. The number of ether oxygens (including phenoxy) is 2. The van der Waals surface area contributed by atoms with Crippen molar-refractivity contribution in [2.45, 2.75) is 68.1 Å². The summed E-state index contributed by atoms with van der Waals surface area (Å²) in [7, 11) is -1.51. The molecule has 0 unspecified atom stereocenters. The fourth-order valence-corrected chi connectivity index (χ4v) is 8.92. The molecule has 0 radical (unpaired) electrons. The second-order valence-corrected chi connectivity index (χ2v) is 15.2. The maximum atomic E-state index is 16.2. The number of halogens is 4. The highest BCUT2D eigenvalue weighted by Crippen LogP contribution is 2.38. The maximum Gasteiger partial charge on any atom is 0.416 e. The molecule has 6 rings (SSSR count). The molecule has 1 atom stereocenters. The zero-order valence-corrected chi connectivity index (χ0v) is 30.1. The van der Waals surface area contributed by atoms with Crippen LogP contribution in [-0.4, -0.2) is 69.2 Å². The number of sulfonamides is 1. The van der Waals surface area contributed by atoms with Crippen molar-refractivity contribution < 1.29 is 35.5 Å². The Labute approximate surface area is 302 Å². The highest BCUT2D eigenvalue weighted by atomic mass is 32.2. The molecule has 0 aliphatic carbocycles. The lowest BCUT2D eigenvalue weighted by Crippen LogP contribution is -2.60. The van der Waals surface area contributed by atoms with Gasteiger partial charge in [0.1, 0.15) is 34.4 Å². The summed E-state index contributed by atoms with van der Waals surface area (Å²) in [6.45, 7) is 2.75. The van der Waals surface area contributed by atoms with Crippen LogP contribution in [0.15, 0.2) is 84.1 Å². The minimum atomic E-state index is -4.49. The quantitative estimate of drug-likeness (QED) is 0.138.